The third-order valence-electron chi connectivity index (χ3n) is 1.66. The molecule has 0 aromatic heterocycles. The minimum absolute atomic E-state index is 0. The summed E-state index contributed by atoms with van der Waals surface area (Å²) in [5.41, 5.74) is 2.63. The molecule has 1 radical (unpaired) electrons. The Labute approximate surface area is 94.3 Å². The minimum Gasteiger partial charge on any atom is -0.339 e. The number of rotatable bonds is 2. The summed E-state index contributed by atoms with van der Waals surface area (Å²) in [5, 5.41) is 0. The fraction of sp³-hybridized carbons (Fsp3) is 0.200. The Morgan fingerprint density at radius 1 is 0.909 bits per heavy atom. The maximum Gasteiger partial charge on any atom is 0 e. The molecule has 1 aromatic rings. The third-order valence-corrected chi connectivity index (χ3v) is 1.66. The van der Waals surface area contributed by atoms with Gasteiger partial charge in [-0.25, -0.2) is 0 Å². The fourth-order valence-electron chi connectivity index (χ4n) is 1.05. The van der Waals surface area contributed by atoms with E-state index in [2.05, 4.69) is 26.0 Å². The summed E-state index contributed by atoms with van der Waals surface area (Å²) in [4.78, 5) is 0. The Balaban J connectivity index is 0.000001000. The van der Waals surface area contributed by atoms with Crippen LogP contribution >= 0.6 is 0 Å². The molecule has 1 aromatic carbocycles. The van der Waals surface area contributed by atoms with Crippen LogP contribution in [-0.2, 0) is 45.6 Å². The van der Waals surface area contributed by atoms with Crippen molar-refractivity contribution >= 4 is 0 Å². The average molecular weight is 221 g/mol. The van der Waals surface area contributed by atoms with Gasteiger partial charge in [0.05, 0.1) is 0 Å². The van der Waals surface area contributed by atoms with Gasteiger partial charge >= 0.3 is 0 Å². The van der Waals surface area contributed by atoms with Gasteiger partial charge in [0, 0.05) is 32.7 Å². The molecule has 0 fully saturated rings. The molecule has 0 atom stereocenters. The smallest absolute Gasteiger partial charge is 0 e. The van der Waals surface area contributed by atoms with Crippen LogP contribution in [0.1, 0.15) is 11.1 Å². The molecular formula is C10H12Y-2. The number of hydrogen-bond donors (Lipinski definition) is 0. The monoisotopic (exact) mass is 221 g/mol. The van der Waals surface area contributed by atoms with Crippen molar-refractivity contribution in [2.24, 2.45) is 0 Å². The van der Waals surface area contributed by atoms with Crippen molar-refractivity contribution in [1.29, 1.82) is 0 Å². The van der Waals surface area contributed by atoms with E-state index in [4.69, 9.17) is 0 Å². The van der Waals surface area contributed by atoms with E-state index in [1.54, 1.807) is 0 Å². The molecule has 0 heterocycles. The molecule has 0 unspecified atom stereocenters. The maximum absolute atomic E-state index is 3.84. The molecular weight excluding hydrogens is 209 g/mol. The minimum atomic E-state index is 0. The molecule has 0 saturated carbocycles. The van der Waals surface area contributed by atoms with Gasteiger partial charge in [-0.2, -0.15) is 12.8 Å². The van der Waals surface area contributed by atoms with Crippen molar-refractivity contribution in [2.75, 3.05) is 0 Å². The van der Waals surface area contributed by atoms with E-state index in [1.165, 1.54) is 11.1 Å². The largest absolute Gasteiger partial charge is 0.339 e. The van der Waals surface area contributed by atoms with E-state index >= 15 is 0 Å². The topological polar surface area (TPSA) is 0 Å². The molecule has 11 heavy (non-hydrogen) atoms. The molecule has 1 heteroatoms. The zero-order valence-electron chi connectivity index (χ0n) is 6.72. The molecule has 0 spiro atoms. The first-order valence-corrected chi connectivity index (χ1v) is 3.53. The normalized spacial score (nSPS) is 8.91. The van der Waals surface area contributed by atoms with Crippen LogP contribution < -0.4 is 0 Å². The summed E-state index contributed by atoms with van der Waals surface area (Å²) in [5.74, 6) is 0. The van der Waals surface area contributed by atoms with Crippen molar-refractivity contribution in [3.8, 4) is 0 Å². The molecule has 0 aliphatic heterocycles. The predicted molar refractivity (Wildman–Crippen MR) is 44.6 cm³/mol. The van der Waals surface area contributed by atoms with Crippen LogP contribution in [0.3, 0.4) is 0 Å². The molecule has 0 bridgehead atoms. The van der Waals surface area contributed by atoms with E-state index in [1.807, 2.05) is 12.1 Å². The number of hydrogen-bond acceptors (Lipinski definition) is 0. The van der Waals surface area contributed by atoms with Gasteiger partial charge in [-0.05, 0) is 0 Å². The van der Waals surface area contributed by atoms with Crippen LogP contribution in [0.15, 0.2) is 24.3 Å². The van der Waals surface area contributed by atoms with Crippen LogP contribution in [0.4, 0.5) is 0 Å². The first-order valence-electron chi connectivity index (χ1n) is 3.53. The van der Waals surface area contributed by atoms with Crippen LogP contribution in [0.2, 0.25) is 0 Å². The summed E-state index contributed by atoms with van der Waals surface area (Å²) in [6.07, 6.45) is 1.73. The van der Waals surface area contributed by atoms with Crippen molar-refractivity contribution in [1.82, 2.24) is 0 Å². The molecule has 0 saturated heterocycles. The Morgan fingerprint density at radius 3 is 1.55 bits per heavy atom. The Bertz CT molecular complexity index is 183. The quantitative estimate of drug-likeness (QED) is 0.673. The van der Waals surface area contributed by atoms with E-state index in [9.17, 15) is 0 Å². The summed E-state index contributed by atoms with van der Waals surface area (Å²) in [6.45, 7) is 7.67. The van der Waals surface area contributed by atoms with Gasteiger partial charge in [-0.1, -0.05) is 35.4 Å². The van der Waals surface area contributed by atoms with Gasteiger partial charge in [0.2, 0.25) is 0 Å². The van der Waals surface area contributed by atoms with Crippen molar-refractivity contribution in [2.45, 2.75) is 12.8 Å². The first kappa shape index (κ1) is 11.3. The number of benzene rings is 1. The van der Waals surface area contributed by atoms with Gasteiger partial charge in [-0.15, -0.1) is 0 Å². The Morgan fingerprint density at radius 2 is 1.27 bits per heavy atom. The van der Waals surface area contributed by atoms with Crippen LogP contribution in [-0.4, -0.2) is 0 Å². The second kappa shape index (κ2) is 5.91. The summed E-state index contributed by atoms with van der Waals surface area (Å²) >= 11 is 0. The standard InChI is InChI=1S/C10H12.Y/c1-3-9-7-5-6-8-10(9)4-2;/h5-8H,1-4H2;/q-2;. The fourth-order valence-corrected chi connectivity index (χ4v) is 1.05. The van der Waals surface area contributed by atoms with E-state index in [0.717, 1.165) is 12.8 Å². The molecule has 0 aliphatic rings. The molecule has 0 nitrogen and oxygen atoms in total. The molecule has 0 amide bonds. The Kier molecular flexibility index (Phi) is 6.08. The zero-order chi connectivity index (χ0) is 7.40. The predicted octanol–water partition coefficient (Wildman–Crippen LogP) is 2.44. The summed E-state index contributed by atoms with van der Waals surface area (Å²) in [7, 11) is 0. The maximum atomic E-state index is 3.84. The van der Waals surface area contributed by atoms with Gasteiger partial charge in [-0.3, -0.25) is 0 Å². The van der Waals surface area contributed by atoms with Gasteiger partial charge in [0.25, 0.3) is 0 Å². The molecule has 0 aliphatic carbocycles. The third kappa shape index (κ3) is 3.05. The van der Waals surface area contributed by atoms with Crippen LogP contribution in [0.25, 0.3) is 0 Å². The zero-order valence-corrected chi connectivity index (χ0v) is 9.55. The van der Waals surface area contributed by atoms with Crippen LogP contribution in [0, 0.1) is 13.8 Å². The van der Waals surface area contributed by atoms with Crippen molar-refractivity contribution < 1.29 is 32.7 Å². The second-order valence-corrected chi connectivity index (χ2v) is 2.27. The van der Waals surface area contributed by atoms with Crippen molar-refractivity contribution in [3.63, 3.8) is 0 Å². The van der Waals surface area contributed by atoms with E-state index < -0.39 is 0 Å². The van der Waals surface area contributed by atoms with E-state index in [0.29, 0.717) is 0 Å². The van der Waals surface area contributed by atoms with E-state index in [-0.39, 0.29) is 32.7 Å². The van der Waals surface area contributed by atoms with Crippen molar-refractivity contribution in [3.05, 3.63) is 49.2 Å². The second-order valence-electron chi connectivity index (χ2n) is 2.27. The summed E-state index contributed by atoms with van der Waals surface area (Å²) < 4.78 is 0. The molecule has 1 rings (SSSR count). The van der Waals surface area contributed by atoms with Gasteiger partial charge in [0.1, 0.15) is 0 Å². The SMILES string of the molecule is [CH2-]Cc1ccccc1C[CH2-].[Y]. The van der Waals surface area contributed by atoms with Gasteiger partial charge in [0.15, 0.2) is 0 Å². The Hall–Kier alpha value is 0.324. The molecule has 57 valence electrons. The average Bonchev–Trinajstić information content (AvgIpc) is 2.04. The first-order chi connectivity index (χ1) is 4.88. The summed E-state index contributed by atoms with van der Waals surface area (Å²) in [6, 6.07) is 8.29. The van der Waals surface area contributed by atoms with Gasteiger partial charge < -0.3 is 13.8 Å². The van der Waals surface area contributed by atoms with Crippen LogP contribution in [0.5, 0.6) is 0 Å². The molecule has 0 N–H and O–H groups in total.